The van der Waals surface area contributed by atoms with Crippen LogP contribution in [0.1, 0.15) is 65.2 Å². The Morgan fingerprint density at radius 1 is 1.32 bits per heavy atom. The highest BCUT2D eigenvalue weighted by molar-refractivity contribution is 5.86. The van der Waals surface area contributed by atoms with Gasteiger partial charge in [-0.25, -0.2) is 0 Å². The molecule has 3 heteroatoms. The second-order valence-electron chi connectivity index (χ2n) is 6.88. The molecule has 1 saturated carbocycles. The first-order valence-corrected chi connectivity index (χ1v) is 8.13. The van der Waals surface area contributed by atoms with Gasteiger partial charge in [0.1, 0.15) is 0 Å². The third kappa shape index (κ3) is 3.50. The molecule has 0 aromatic heterocycles. The van der Waals surface area contributed by atoms with Crippen molar-refractivity contribution in [2.45, 2.75) is 70.8 Å². The summed E-state index contributed by atoms with van der Waals surface area (Å²) in [5.41, 5.74) is 5.87. The number of nitrogens with two attached hydrogens (primary N) is 1. The lowest BCUT2D eigenvalue weighted by molar-refractivity contribution is -0.140. The Balaban J connectivity index is 1.90. The first kappa shape index (κ1) is 14.8. The van der Waals surface area contributed by atoms with Crippen molar-refractivity contribution in [3.63, 3.8) is 0 Å². The van der Waals surface area contributed by atoms with Gasteiger partial charge in [0.15, 0.2) is 0 Å². The van der Waals surface area contributed by atoms with Crippen LogP contribution in [0.5, 0.6) is 0 Å². The molecular weight excluding hydrogens is 236 g/mol. The number of rotatable bonds is 3. The van der Waals surface area contributed by atoms with Crippen molar-refractivity contribution < 1.29 is 4.79 Å². The second-order valence-corrected chi connectivity index (χ2v) is 6.88. The molecule has 1 amide bonds. The number of carbonyl (C=O) groups excluding carboxylic acids is 1. The van der Waals surface area contributed by atoms with Gasteiger partial charge in [0.2, 0.25) is 5.91 Å². The smallest absolute Gasteiger partial charge is 0.242 e. The Morgan fingerprint density at radius 2 is 2.00 bits per heavy atom. The lowest BCUT2D eigenvalue weighted by Crippen LogP contribution is -2.58. The maximum absolute atomic E-state index is 12.7. The lowest BCUT2D eigenvalue weighted by Gasteiger charge is -2.41. The van der Waals surface area contributed by atoms with E-state index in [9.17, 15) is 4.79 Å². The highest BCUT2D eigenvalue weighted by Gasteiger charge is 2.41. The minimum Gasteiger partial charge on any atom is -0.341 e. The molecule has 1 saturated heterocycles. The normalized spacial score (nSPS) is 33.4. The molecule has 0 spiro atoms. The summed E-state index contributed by atoms with van der Waals surface area (Å²) >= 11 is 0. The molecule has 2 rings (SSSR count). The van der Waals surface area contributed by atoms with Gasteiger partial charge in [-0.2, -0.15) is 0 Å². The van der Waals surface area contributed by atoms with Crippen LogP contribution in [-0.2, 0) is 4.79 Å². The molecule has 2 N–H and O–H groups in total. The molecule has 1 aliphatic heterocycles. The standard InChI is InChI=1S/C16H30N2O/c1-3-5-14-7-10-18(11-8-14)15(19)16(17)9-4-6-13(2)12-16/h13-14H,3-12,17H2,1-2H3. The molecule has 2 aliphatic rings. The minimum absolute atomic E-state index is 0.231. The number of hydrogen-bond acceptors (Lipinski definition) is 2. The van der Waals surface area contributed by atoms with Gasteiger partial charge >= 0.3 is 0 Å². The summed E-state index contributed by atoms with van der Waals surface area (Å²) in [4.78, 5) is 14.7. The molecule has 110 valence electrons. The Hall–Kier alpha value is -0.570. The van der Waals surface area contributed by atoms with E-state index in [2.05, 4.69) is 13.8 Å². The average molecular weight is 266 g/mol. The number of amides is 1. The molecule has 19 heavy (non-hydrogen) atoms. The van der Waals surface area contributed by atoms with Crippen LogP contribution in [0.4, 0.5) is 0 Å². The number of nitrogens with zero attached hydrogens (tertiary/aromatic N) is 1. The van der Waals surface area contributed by atoms with Crippen LogP contribution < -0.4 is 5.73 Å². The van der Waals surface area contributed by atoms with E-state index in [1.165, 1.54) is 32.1 Å². The van der Waals surface area contributed by atoms with E-state index < -0.39 is 5.54 Å². The van der Waals surface area contributed by atoms with Gasteiger partial charge in [-0.3, -0.25) is 4.79 Å². The van der Waals surface area contributed by atoms with Crippen LogP contribution in [0, 0.1) is 11.8 Å². The third-order valence-corrected chi connectivity index (χ3v) is 5.06. The van der Waals surface area contributed by atoms with E-state index in [0.29, 0.717) is 5.92 Å². The molecule has 1 heterocycles. The molecule has 0 aromatic rings. The number of likely N-dealkylation sites (tertiary alicyclic amines) is 1. The topological polar surface area (TPSA) is 46.3 Å². The zero-order valence-corrected chi connectivity index (χ0v) is 12.7. The molecule has 1 aliphatic carbocycles. The molecule has 0 radical (unpaired) electrons. The summed E-state index contributed by atoms with van der Waals surface area (Å²) in [6.45, 7) is 6.32. The van der Waals surface area contributed by atoms with Crippen LogP contribution >= 0.6 is 0 Å². The van der Waals surface area contributed by atoms with Gasteiger partial charge in [-0.1, -0.05) is 39.5 Å². The zero-order chi connectivity index (χ0) is 13.9. The summed E-state index contributed by atoms with van der Waals surface area (Å²) in [6, 6.07) is 0. The summed E-state index contributed by atoms with van der Waals surface area (Å²) in [5, 5.41) is 0. The number of carbonyl (C=O) groups is 1. The van der Waals surface area contributed by atoms with Gasteiger partial charge in [0.05, 0.1) is 5.54 Å². The molecule has 2 unspecified atom stereocenters. The van der Waals surface area contributed by atoms with Crippen LogP contribution in [0.25, 0.3) is 0 Å². The highest BCUT2D eigenvalue weighted by atomic mass is 16.2. The van der Waals surface area contributed by atoms with E-state index in [0.717, 1.165) is 38.3 Å². The largest absolute Gasteiger partial charge is 0.341 e. The van der Waals surface area contributed by atoms with Gasteiger partial charge in [0, 0.05) is 13.1 Å². The molecule has 2 atom stereocenters. The second kappa shape index (κ2) is 6.25. The molecule has 3 nitrogen and oxygen atoms in total. The Morgan fingerprint density at radius 3 is 2.58 bits per heavy atom. The summed E-state index contributed by atoms with van der Waals surface area (Å²) in [7, 11) is 0. The van der Waals surface area contributed by atoms with Crippen molar-refractivity contribution in [1.82, 2.24) is 4.90 Å². The van der Waals surface area contributed by atoms with E-state index in [-0.39, 0.29) is 5.91 Å². The monoisotopic (exact) mass is 266 g/mol. The van der Waals surface area contributed by atoms with Crippen molar-refractivity contribution in [2.75, 3.05) is 13.1 Å². The Bertz CT molecular complexity index is 310. The maximum atomic E-state index is 12.7. The first-order valence-electron chi connectivity index (χ1n) is 8.13. The van der Waals surface area contributed by atoms with Crippen molar-refractivity contribution in [3.8, 4) is 0 Å². The maximum Gasteiger partial charge on any atom is 0.242 e. The van der Waals surface area contributed by atoms with Gasteiger partial charge in [-0.05, 0) is 37.5 Å². The van der Waals surface area contributed by atoms with E-state index >= 15 is 0 Å². The fraction of sp³-hybridized carbons (Fsp3) is 0.938. The van der Waals surface area contributed by atoms with Crippen molar-refractivity contribution in [3.05, 3.63) is 0 Å². The minimum atomic E-state index is -0.560. The fourth-order valence-electron chi connectivity index (χ4n) is 3.93. The predicted octanol–water partition coefficient (Wildman–Crippen LogP) is 2.93. The average Bonchev–Trinajstić information content (AvgIpc) is 2.39. The van der Waals surface area contributed by atoms with E-state index in [1.807, 2.05) is 4.90 Å². The predicted molar refractivity (Wildman–Crippen MR) is 78.8 cm³/mol. The zero-order valence-electron chi connectivity index (χ0n) is 12.7. The lowest BCUT2D eigenvalue weighted by atomic mass is 9.76. The SMILES string of the molecule is CCCC1CCN(C(=O)C2(N)CCCC(C)C2)CC1. The number of hydrogen-bond donors (Lipinski definition) is 1. The Labute approximate surface area is 117 Å². The highest BCUT2D eigenvalue weighted by Crippen LogP contribution is 2.33. The third-order valence-electron chi connectivity index (χ3n) is 5.06. The van der Waals surface area contributed by atoms with Crippen molar-refractivity contribution in [1.29, 1.82) is 0 Å². The van der Waals surface area contributed by atoms with Crippen LogP contribution in [0.2, 0.25) is 0 Å². The summed E-state index contributed by atoms with van der Waals surface area (Å²) in [6.07, 6.45) is 9.01. The molecule has 0 aromatic carbocycles. The van der Waals surface area contributed by atoms with Gasteiger partial charge in [0.25, 0.3) is 0 Å². The van der Waals surface area contributed by atoms with Crippen molar-refractivity contribution >= 4 is 5.91 Å². The summed E-state index contributed by atoms with van der Waals surface area (Å²) < 4.78 is 0. The summed E-state index contributed by atoms with van der Waals surface area (Å²) in [5.74, 6) is 1.65. The van der Waals surface area contributed by atoms with Gasteiger partial charge < -0.3 is 10.6 Å². The molecule has 2 fully saturated rings. The molecule has 0 bridgehead atoms. The molecular formula is C16H30N2O. The fourth-order valence-corrected chi connectivity index (χ4v) is 3.93. The van der Waals surface area contributed by atoms with E-state index in [4.69, 9.17) is 5.73 Å². The Kier molecular flexibility index (Phi) is 4.88. The quantitative estimate of drug-likeness (QED) is 0.853. The van der Waals surface area contributed by atoms with Crippen LogP contribution in [-0.4, -0.2) is 29.4 Å². The van der Waals surface area contributed by atoms with Gasteiger partial charge in [-0.15, -0.1) is 0 Å². The first-order chi connectivity index (χ1) is 9.05. The van der Waals surface area contributed by atoms with Crippen molar-refractivity contribution in [2.24, 2.45) is 17.6 Å². The van der Waals surface area contributed by atoms with E-state index in [1.54, 1.807) is 0 Å². The van der Waals surface area contributed by atoms with Crippen LogP contribution in [0.15, 0.2) is 0 Å². The number of piperidine rings is 1. The van der Waals surface area contributed by atoms with Crippen LogP contribution in [0.3, 0.4) is 0 Å².